The molecule has 0 aliphatic carbocycles. The topological polar surface area (TPSA) is 78.4 Å². The summed E-state index contributed by atoms with van der Waals surface area (Å²) in [6.07, 6.45) is 3.24. The number of halogens is 1. The first-order valence-electron chi connectivity index (χ1n) is 7.06. The average molecular weight is 332 g/mol. The molecule has 3 N–H and O–H groups in total. The van der Waals surface area contributed by atoms with Crippen LogP contribution in [0.4, 0.5) is 5.69 Å². The van der Waals surface area contributed by atoms with Gasteiger partial charge in [-0.05, 0) is 29.8 Å². The van der Waals surface area contributed by atoms with Gasteiger partial charge in [0.25, 0.3) is 0 Å². The quantitative estimate of drug-likeness (QED) is 0.578. The van der Waals surface area contributed by atoms with Crippen molar-refractivity contribution < 1.29 is 4.79 Å². The molecule has 1 amide bonds. The van der Waals surface area contributed by atoms with Crippen LogP contribution in [0.3, 0.4) is 0 Å². The minimum absolute atomic E-state index is 0.101. The molecule has 1 heterocycles. The Kier molecular flexibility index (Phi) is 6.38. The van der Waals surface area contributed by atoms with Crippen LogP contribution in [0.1, 0.15) is 5.56 Å². The van der Waals surface area contributed by atoms with Crippen molar-refractivity contribution in [2.75, 3.05) is 18.9 Å². The summed E-state index contributed by atoms with van der Waals surface area (Å²) < 4.78 is 0. The van der Waals surface area contributed by atoms with E-state index in [4.69, 9.17) is 11.6 Å². The van der Waals surface area contributed by atoms with Crippen LogP contribution in [0.2, 0.25) is 5.02 Å². The fourth-order valence-corrected chi connectivity index (χ4v) is 2.07. The fraction of sp³-hybridized carbons (Fsp3) is 0.188. The number of hydrogen-bond acceptors (Lipinski definition) is 3. The van der Waals surface area contributed by atoms with Gasteiger partial charge in [0.05, 0.1) is 18.4 Å². The molecule has 0 saturated heterocycles. The van der Waals surface area contributed by atoms with E-state index in [9.17, 15) is 4.79 Å². The van der Waals surface area contributed by atoms with Gasteiger partial charge in [-0.3, -0.25) is 14.8 Å². The van der Waals surface area contributed by atoms with Crippen molar-refractivity contribution in [1.82, 2.24) is 15.6 Å². The second-order valence-electron chi connectivity index (χ2n) is 4.70. The summed E-state index contributed by atoms with van der Waals surface area (Å²) in [5.74, 6) is 0.356. The van der Waals surface area contributed by atoms with Gasteiger partial charge in [0.1, 0.15) is 0 Å². The average Bonchev–Trinajstić information content (AvgIpc) is 2.56. The lowest BCUT2D eigenvalue weighted by Gasteiger charge is -2.12. The maximum absolute atomic E-state index is 11.9. The van der Waals surface area contributed by atoms with E-state index < -0.39 is 0 Å². The number of nitrogens with one attached hydrogen (secondary N) is 3. The molecule has 0 unspecified atom stereocenters. The number of anilines is 1. The van der Waals surface area contributed by atoms with Gasteiger partial charge in [-0.2, -0.15) is 0 Å². The third kappa shape index (κ3) is 5.96. The largest absolute Gasteiger partial charge is 0.352 e. The molecule has 2 aromatic rings. The number of benzene rings is 1. The molecule has 7 heteroatoms. The molecule has 0 aliphatic heterocycles. The summed E-state index contributed by atoms with van der Waals surface area (Å²) in [6, 6.07) is 11.1. The van der Waals surface area contributed by atoms with Gasteiger partial charge in [-0.15, -0.1) is 0 Å². The lowest BCUT2D eigenvalue weighted by molar-refractivity contribution is -0.115. The first-order valence-corrected chi connectivity index (χ1v) is 7.44. The summed E-state index contributed by atoms with van der Waals surface area (Å²) in [4.78, 5) is 19.9. The number of guanidine groups is 1. The van der Waals surface area contributed by atoms with Crippen molar-refractivity contribution in [2.24, 2.45) is 4.99 Å². The summed E-state index contributed by atoms with van der Waals surface area (Å²) >= 11 is 5.94. The van der Waals surface area contributed by atoms with Gasteiger partial charge in [0, 0.05) is 24.8 Å². The maximum Gasteiger partial charge on any atom is 0.243 e. The molecule has 0 saturated carbocycles. The molecule has 1 aromatic heterocycles. The lowest BCUT2D eigenvalue weighted by Crippen LogP contribution is -2.41. The van der Waals surface area contributed by atoms with Crippen molar-refractivity contribution in [1.29, 1.82) is 0 Å². The third-order valence-electron chi connectivity index (χ3n) is 2.93. The van der Waals surface area contributed by atoms with Crippen LogP contribution in [0, 0.1) is 0 Å². The van der Waals surface area contributed by atoms with Crippen LogP contribution in [0.15, 0.2) is 53.8 Å². The second kappa shape index (κ2) is 8.75. The van der Waals surface area contributed by atoms with Crippen molar-refractivity contribution in [3.05, 3.63) is 59.4 Å². The number of aliphatic imine (C=N–C) groups is 1. The number of nitrogens with zero attached hydrogens (tertiary/aromatic N) is 2. The molecule has 23 heavy (non-hydrogen) atoms. The van der Waals surface area contributed by atoms with Gasteiger partial charge in [0.2, 0.25) is 5.91 Å². The molecule has 0 radical (unpaired) electrons. The number of amides is 1. The highest BCUT2D eigenvalue weighted by Crippen LogP contribution is 2.10. The monoisotopic (exact) mass is 331 g/mol. The standard InChI is InChI=1S/C16H18ClN5O/c1-18-16(20-9-12-4-2-5-13(17)8-12)21-11-15(23)22-14-6-3-7-19-10-14/h2-8,10H,9,11H2,1H3,(H,22,23)(H2,18,20,21). The Morgan fingerprint density at radius 3 is 2.83 bits per heavy atom. The normalized spacial score (nSPS) is 11.0. The predicted octanol–water partition coefficient (Wildman–Crippen LogP) is 2.04. The van der Waals surface area contributed by atoms with E-state index in [0.717, 1.165) is 5.56 Å². The molecule has 6 nitrogen and oxygen atoms in total. The summed E-state index contributed by atoms with van der Waals surface area (Å²) in [6.45, 7) is 0.661. The van der Waals surface area contributed by atoms with E-state index in [0.29, 0.717) is 23.2 Å². The van der Waals surface area contributed by atoms with Gasteiger partial charge in [0.15, 0.2) is 5.96 Å². The van der Waals surface area contributed by atoms with Crippen LogP contribution >= 0.6 is 11.6 Å². The van der Waals surface area contributed by atoms with Crippen molar-refractivity contribution in [3.63, 3.8) is 0 Å². The van der Waals surface area contributed by atoms with Gasteiger partial charge >= 0.3 is 0 Å². The van der Waals surface area contributed by atoms with Crippen LogP contribution in [0.5, 0.6) is 0 Å². The molecule has 0 spiro atoms. The number of pyridine rings is 1. The van der Waals surface area contributed by atoms with E-state index in [1.807, 2.05) is 24.3 Å². The summed E-state index contributed by atoms with van der Waals surface area (Å²) in [7, 11) is 1.65. The van der Waals surface area contributed by atoms with E-state index in [1.54, 1.807) is 31.6 Å². The number of hydrogen-bond donors (Lipinski definition) is 3. The Bertz CT molecular complexity index is 675. The molecule has 0 aliphatic rings. The van der Waals surface area contributed by atoms with Crippen LogP contribution < -0.4 is 16.0 Å². The first-order chi connectivity index (χ1) is 11.2. The minimum Gasteiger partial charge on any atom is -0.352 e. The van der Waals surface area contributed by atoms with Gasteiger partial charge < -0.3 is 16.0 Å². The van der Waals surface area contributed by atoms with Crippen LogP contribution in [0.25, 0.3) is 0 Å². The molecule has 1 aromatic carbocycles. The van der Waals surface area contributed by atoms with Crippen molar-refractivity contribution in [3.8, 4) is 0 Å². The predicted molar refractivity (Wildman–Crippen MR) is 92.5 cm³/mol. The fourth-order valence-electron chi connectivity index (χ4n) is 1.86. The Labute approximate surface area is 140 Å². The number of carbonyl (C=O) groups is 1. The van der Waals surface area contributed by atoms with E-state index in [-0.39, 0.29) is 12.5 Å². The maximum atomic E-state index is 11.9. The smallest absolute Gasteiger partial charge is 0.243 e. The van der Waals surface area contributed by atoms with Crippen molar-refractivity contribution >= 4 is 29.2 Å². The Balaban J connectivity index is 1.77. The Morgan fingerprint density at radius 1 is 1.26 bits per heavy atom. The van der Waals surface area contributed by atoms with E-state index in [1.165, 1.54) is 0 Å². The van der Waals surface area contributed by atoms with Gasteiger partial charge in [-0.25, -0.2) is 0 Å². The zero-order valence-electron chi connectivity index (χ0n) is 12.7. The molecular formula is C16H18ClN5O. The minimum atomic E-state index is -0.177. The van der Waals surface area contributed by atoms with E-state index >= 15 is 0 Å². The molecule has 120 valence electrons. The highest BCUT2D eigenvalue weighted by Gasteiger charge is 2.04. The Hall–Kier alpha value is -2.60. The summed E-state index contributed by atoms with van der Waals surface area (Å²) in [5, 5.41) is 9.49. The van der Waals surface area contributed by atoms with Gasteiger partial charge in [-0.1, -0.05) is 23.7 Å². The molecule has 0 bridgehead atoms. The number of carbonyl (C=O) groups excluding carboxylic acids is 1. The first kappa shape index (κ1) is 16.8. The summed E-state index contributed by atoms with van der Waals surface area (Å²) in [5.41, 5.74) is 1.68. The van der Waals surface area contributed by atoms with Crippen LogP contribution in [-0.2, 0) is 11.3 Å². The number of rotatable bonds is 5. The lowest BCUT2D eigenvalue weighted by atomic mass is 10.2. The van der Waals surface area contributed by atoms with Crippen LogP contribution in [-0.4, -0.2) is 30.4 Å². The highest BCUT2D eigenvalue weighted by atomic mass is 35.5. The van der Waals surface area contributed by atoms with Crippen molar-refractivity contribution in [2.45, 2.75) is 6.54 Å². The zero-order valence-corrected chi connectivity index (χ0v) is 13.5. The molecule has 0 atom stereocenters. The number of aromatic nitrogens is 1. The zero-order chi connectivity index (χ0) is 16.5. The molecule has 0 fully saturated rings. The second-order valence-corrected chi connectivity index (χ2v) is 5.14. The molecular weight excluding hydrogens is 314 g/mol. The molecule has 2 rings (SSSR count). The third-order valence-corrected chi connectivity index (χ3v) is 3.17. The van der Waals surface area contributed by atoms with E-state index in [2.05, 4.69) is 25.9 Å². The highest BCUT2D eigenvalue weighted by molar-refractivity contribution is 6.30. The Morgan fingerprint density at radius 2 is 2.13 bits per heavy atom. The SMILES string of the molecule is CN=C(NCC(=O)Nc1cccnc1)NCc1cccc(Cl)c1.